The second-order valence-corrected chi connectivity index (χ2v) is 5.30. The predicted molar refractivity (Wildman–Crippen MR) is 75.3 cm³/mol. The van der Waals surface area contributed by atoms with Gasteiger partial charge in [0.1, 0.15) is 0 Å². The third kappa shape index (κ3) is 4.96. The molecule has 0 unspecified atom stereocenters. The van der Waals surface area contributed by atoms with Gasteiger partial charge in [-0.1, -0.05) is 0 Å². The maximum absolute atomic E-state index is 12.5. The molecule has 0 aromatic heterocycles. The zero-order valence-electron chi connectivity index (χ0n) is 11.1. The van der Waals surface area contributed by atoms with E-state index in [9.17, 15) is 13.2 Å². The summed E-state index contributed by atoms with van der Waals surface area (Å²) in [6.45, 7) is 1.23. The lowest BCUT2D eigenvalue weighted by molar-refractivity contribution is -0.186. The van der Waals surface area contributed by atoms with Crippen LogP contribution in [0.4, 0.5) is 13.2 Å². The Kier molecular flexibility index (Phi) is 8.03. The fourth-order valence-electron chi connectivity index (χ4n) is 3.14. The number of nitrogens with zero attached hydrogens (tertiary/aromatic N) is 1. The van der Waals surface area contributed by atoms with Crippen LogP contribution in [0.15, 0.2) is 0 Å². The van der Waals surface area contributed by atoms with Gasteiger partial charge in [-0.15, -0.1) is 24.8 Å². The first-order chi connectivity index (χ1) is 8.00. The molecule has 2 atom stereocenters. The Balaban J connectivity index is 0.00000162. The minimum absolute atomic E-state index is 0. The van der Waals surface area contributed by atoms with Crippen molar-refractivity contribution >= 4 is 24.8 Å². The van der Waals surface area contributed by atoms with Gasteiger partial charge >= 0.3 is 6.18 Å². The molecule has 0 bridgehead atoms. The molecule has 1 heterocycles. The van der Waals surface area contributed by atoms with Crippen molar-refractivity contribution in [3.8, 4) is 0 Å². The number of piperidine rings is 1. The van der Waals surface area contributed by atoms with Crippen molar-refractivity contribution in [2.75, 3.05) is 20.1 Å². The van der Waals surface area contributed by atoms with Crippen LogP contribution in [0.5, 0.6) is 0 Å². The van der Waals surface area contributed by atoms with Crippen molar-refractivity contribution in [2.45, 2.75) is 50.4 Å². The molecule has 1 aliphatic heterocycles. The highest BCUT2D eigenvalue weighted by Crippen LogP contribution is 2.36. The molecular formula is C12H23Cl2F3N2. The maximum Gasteiger partial charge on any atom is 0.391 e. The first-order valence-electron chi connectivity index (χ1n) is 6.48. The summed E-state index contributed by atoms with van der Waals surface area (Å²) >= 11 is 0. The van der Waals surface area contributed by atoms with E-state index in [0.717, 1.165) is 19.3 Å². The summed E-state index contributed by atoms with van der Waals surface area (Å²) in [6, 6.07) is 1.06. The molecule has 0 aromatic rings. The van der Waals surface area contributed by atoms with E-state index in [-0.39, 0.29) is 37.7 Å². The van der Waals surface area contributed by atoms with Gasteiger partial charge < -0.3 is 10.2 Å². The second-order valence-electron chi connectivity index (χ2n) is 5.30. The van der Waals surface area contributed by atoms with Crippen LogP contribution in [0.3, 0.4) is 0 Å². The van der Waals surface area contributed by atoms with E-state index in [0.29, 0.717) is 25.2 Å². The van der Waals surface area contributed by atoms with E-state index < -0.39 is 12.1 Å². The number of nitrogens with one attached hydrogen (secondary N) is 1. The van der Waals surface area contributed by atoms with E-state index in [1.807, 2.05) is 7.05 Å². The smallest absolute Gasteiger partial charge is 0.317 e. The minimum atomic E-state index is -3.99. The Bertz CT molecular complexity index is 256. The molecule has 2 rings (SSSR count). The van der Waals surface area contributed by atoms with Gasteiger partial charge in [-0.25, -0.2) is 0 Å². The van der Waals surface area contributed by atoms with E-state index in [2.05, 4.69) is 10.2 Å². The van der Waals surface area contributed by atoms with Crippen molar-refractivity contribution in [2.24, 2.45) is 5.92 Å². The number of rotatable bonds is 2. The molecule has 2 nitrogen and oxygen atoms in total. The Morgan fingerprint density at radius 1 is 1.00 bits per heavy atom. The average molecular weight is 323 g/mol. The highest BCUT2D eigenvalue weighted by Gasteiger charge is 2.42. The van der Waals surface area contributed by atoms with Crippen molar-refractivity contribution in [1.82, 2.24) is 10.2 Å². The molecule has 2 fully saturated rings. The maximum atomic E-state index is 12.5. The highest BCUT2D eigenvalue weighted by atomic mass is 35.5. The van der Waals surface area contributed by atoms with Gasteiger partial charge in [0.15, 0.2) is 0 Å². The second kappa shape index (κ2) is 7.91. The molecule has 0 amide bonds. The monoisotopic (exact) mass is 322 g/mol. The standard InChI is InChI=1S/C12H21F3N2.2ClH/c1-16-10-2-3-11(8-10)17-6-4-9(5-7-17)12(13,14)15;;/h9-11,16H,2-8H2,1H3;2*1H/t10-,11+;;/m1../s1. The van der Waals surface area contributed by atoms with Gasteiger partial charge in [-0.05, 0) is 52.2 Å². The van der Waals surface area contributed by atoms with Gasteiger partial charge in [-0.3, -0.25) is 0 Å². The third-order valence-electron chi connectivity index (χ3n) is 4.32. The average Bonchev–Trinajstić information content (AvgIpc) is 2.76. The van der Waals surface area contributed by atoms with Crippen LogP contribution in [0.1, 0.15) is 32.1 Å². The van der Waals surface area contributed by atoms with Gasteiger partial charge in [0.2, 0.25) is 0 Å². The van der Waals surface area contributed by atoms with E-state index in [1.54, 1.807) is 0 Å². The molecule has 2 aliphatic rings. The van der Waals surface area contributed by atoms with Crippen LogP contribution in [-0.4, -0.2) is 43.3 Å². The Morgan fingerprint density at radius 2 is 1.58 bits per heavy atom. The zero-order valence-corrected chi connectivity index (χ0v) is 12.7. The van der Waals surface area contributed by atoms with Crippen LogP contribution in [-0.2, 0) is 0 Å². The van der Waals surface area contributed by atoms with Crippen molar-refractivity contribution in [1.29, 1.82) is 0 Å². The van der Waals surface area contributed by atoms with Gasteiger partial charge in [0.25, 0.3) is 0 Å². The Morgan fingerprint density at radius 3 is 2.00 bits per heavy atom. The van der Waals surface area contributed by atoms with Crippen molar-refractivity contribution in [3.63, 3.8) is 0 Å². The zero-order chi connectivity index (χ0) is 12.5. The van der Waals surface area contributed by atoms with Crippen LogP contribution in [0, 0.1) is 5.92 Å². The molecule has 1 N–H and O–H groups in total. The lowest BCUT2D eigenvalue weighted by Crippen LogP contribution is -2.43. The number of alkyl halides is 3. The summed E-state index contributed by atoms with van der Waals surface area (Å²) in [5.74, 6) is -1.07. The summed E-state index contributed by atoms with van der Waals surface area (Å²) in [5, 5.41) is 3.26. The molecule has 1 saturated heterocycles. The number of halogens is 5. The molecule has 116 valence electrons. The summed E-state index contributed by atoms with van der Waals surface area (Å²) in [4.78, 5) is 2.26. The molecule has 7 heteroatoms. The topological polar surface area (TPSA) is 15.3 Å². The third-order valence-corrected chi connectivity index (χ3v) is 4.32. The Hall–Kier alpha value is 0.290. The quantitative estimate of drug-likeness (QED) is 0.839. The lowest BCUT2D eigenvalue weighted by Gasteiger charge is -2.36. The number of likely N-dealkylation sites (tertiary alicyclic amines) is 1. The van der Waals surface area contributed by atoms with Gasteiger partial charge in [0.05, 0.1) is 5.92 Å². The normalized spacial score (nSPS) is 29.7. The van der Waals surface area contributed by atoms with Crippen molar-refractivity contribution in [3.05, 3.63) is 0 Å². The van der Waals surface area contributed by atoms with Crippen LogP contribution < -0.4 is 5.32 Å². The number of hydrogen-bond donors (Lipinski definition) is 1. The summed E-state index contributed by atoms with van der Waals surface area (Å²) in [6.07, 6.45) is -0.0561. The van der Waals surface area contributed by atoms with Crippen molar-refractivity contribution < 1.29 is 13.2 Å². The van der Waals surface area contributed by atoms with E-state index in [4.69, 9.17) is 0 Å². The summed E-state index contributed by atoms with van der Waals surface area (Å²) in [7, 11) is 1.96. The largest absolute Gasteiger partial charge is 0.391 e. The van der Waals surface area contributed by atoms with E-state index >= 15 is 0 Å². The summed E-state index contributed by atoms with van der Waals surface area (Å²) < 4.78 is 37.6. The molecular weight excluding hydrogens is 300 g/mol. The molecule has 1 aliphatic carbocycles. The molecule has 0 spiro atoms. The molecule has 19 heavy (non-hydrogen) atoms. The van der Waals surface area contributed by atoms with E-state index in [1.165, 1.54) is 0 Å². The van der Waals surface area contributed by atoms with Crippen LogP contribution in [0.2, 0.25) is 0 Å². The fourth-order valence-corrected chi connectivity index (χ4v) is 3.14. The minimum Gasteiger partial charge on any atom is -0.317 e. The highest BCUT2D eigenvalue weighted by molar-refractivity contribution is 5.85. The van der Waals surface area contributed by atoms with Crippen LogP contribution >= 0.6 is 24.8 Å². The predicted octanol–water partition coefficient (Wildman–Crippen LogP) is 3.24. The van der Waals surface area contributed by atoms with Gasteiger partial charge in [-0.2, -0.15) is 13.2 Å². The fraction of sp³-hybridized carbons (Fsp3) is 1.00. The van der Waals surface area contributed by atoms with Gasteiger partial charge in [0, 0.05) is 12.1 Å². The first kappa shape index (κ1) is 19.3. The molecule has 0 radical (unpaired) electrons. The molecule has 0 aromatic carbocycles. The lowest BCUT2D eigenvalue weighted by atomic mass is 9.95. The van der Waals surface area contributed by atoms with Crippen LogP contribution in [0.25, 0.3) is 0 Å². The first-order valence-corrected chi connectivity index (χ1v) is 6.48. The number of hydrogen-bond acceptors (Lipinski definition) is 2. The Labute approximate surface area is 125 Å². The SMILES string of the molecule is CN[C@@H]1CC[C@H](N2CCC(C(F)(F)F)CC2)C1.Cl.Cl. The molecule has 1 saturated carbocycles. The summed E-state index contributed by atoms with van der Waals surface area (Å²) in [5.41, 5.74) is 0.